The number of rotatable bonds is 3. The number of carboxylic acid groups (broad SMARTS) is 1. The Morgan fingerprint density at radius 3 is 2.44 bits per heavy atom. The highest BCUT2D eigenvalue weighted by Crippen LogP contribution is 2.58. The lowest BCUT2D eigenvalue weighted by molar-refractivity contribution is 0.0658. The zero-order valence-corrected chi connectivity index (χ0v) is 10.1. The smallest absolute Gasteiger partial charge is 0.373 e. The lowest BCUT2D eigenvalue weighted by Gasteiger charge is -1.98. The Morgan fingerprint density at radius 2 is 2.12 bits per heavy atom. The minimum atomic E-state index is -1.03. The second-order valence-corrected chi connectivity index (χ2v) is 5.47. The summed E-state index contributed by atoms with van der Waals surface area (Å²) in [5, 5.41) is 9.03. The average molecular weight is 223 g/mol. The summed E-state index contributed by atoms with van der Waals surface area (Å²) in [6.45, 7) is 8.12. The van der Waals surface area contributed by atoms with E-state index in [1.165, 1.54) is 0 Å². The second-order valence-electron chi connectivity index (χ2n) is 5.47. The van der Waals surface area contributed by atoms with Crippen molar-refractivity contribution < 1.29 is 14.3 Å². The molecule has 88 valence electrons. The Kier molecular flexibility index (Phi) is 2.33. The van der Waals surface area contributed by atoms with E-state index in [1.807, 2.05) is 13.8 Å². The molecule has 0 spiro atoms. The summed E-state index contributed by atoms with van der Waals surface area (Å²) >= 11 is 0. The molecule has 0 bridgehead atoms. The van der Waals surface area contributed by atoms with Gasteiger partial charge in [0.1, 0.15) is 0 Å². The molecule has 0 aromatic carbocycles. The fraction of sp³-hybridized carbons (Fsp3) is 0.667. The molecular formula is C12H17NO3. The van der Waals surface area contributed by atoms with Gasteiger partial charge in [0.2, 0.25) is 5.76 Å². The molecule has 0 saturated heterocycles. The van der Waals surface area contributed by atoms with Gasteiger partial charge in [0.05, 0.1) is 5.69 Å². The standard InChI is InChI=1S/C12H17NO3/c1-6(2)8-9(11(14)15)16-10(13-8)7-5-12(7,3)4/h6-7H,5H2,1-4H3,(H,14,15). The molecule has 1 aromatic rings. The Labute approximate surface area is 94.7 Å². The SMILES string of the molecule is CC(C)c1nc(C2CC2(C)C)oc1C(=O)O. The maximum Gasteiger partial charge on any atom is 0.373 e. The fourth-order valence-corrected chi connectivity index (χ4v) is 1.93. The molecule has 1 heterocycles. The van der Waals surface area contributed by atoms with Gasteiger partial charge >= 0.3 is 5.97 Å². The minimum absolute atomic E-state index is 0.00713. The lowest BCUT2D eigenvalue weighted by Crippen LogP contribution is -2.01. The van der Waals surface area contributed by atoms with Crippen LogP contribution in [-0.4, -0.2) is 16.1 Å². The molecular weight excluding hydrogens is 206 g/mol. The summed E-state index contributed by atoms with van der Waals surface area (Å²) in [6.07, 6.45) is 1.02. The molecule has 4 nitrogen and oxygen atoms in total. The highest BCUT2D eigenvalue weighted by Gasteiger charge is 2.50. The first kappa shape index (κ1) is 11.2. The van der Waals surface area contributed by atoms with Gasteiger partial charge in [-0.1, -0.05) is 27.7 Å². The maximum absolute atomic E-state index is 11.0. The maximum atomic E-state index is 11.0. The predicted molar refractivity (Wildman–Crippen MR) is 58.7 cm³/mol. The number of aromatic nitrogens is 1. The third-order valence-corrected chi connectivity index (χ3v) is 3.22. The number of hydrogen-bond acceptors (Lipinski definition) is 3. The highest BCUT2D eigenvalue weighted by molar-refractivity contribution is 5.85. The first-order valence-electron chi connectivity index (χ1n) is 5.57. The van der Waals surface area contributed by atoms with Crippen LogP contribution < -0.4 is 0 Å². The van der Waals surface area contributed by atoms with Crippen LogP contribution in [0.4, 0.5) is 0 Å². The number of carboxylic acids is 1. The van der Waals surface area contributed by atoms with E-state index in [-0.39, 0.29) is 23.0 Å². The number of hydrogen-bond donors (Lipinski definition) is 1. The van der Waals surface area contributed by atoms with Crippen LogP contribution in [0.1, 0.15) is 68.1 Å². The van der Waals surface area contributed by atoms with E-state index in [9.17, 15) is 4.79 Å². The van der Waals surface area contributed by atoms with Crippen molar-refractivity contribution in [2.75, 3.05) is 0 Å². The molecule has 0 aliphatic heterocycles. The summed E-state index contributed by atoms with van der Waals surface area (Å²) < 4.78 is 5.39. The Bertz CT molecular complexity index is 431. The highest BCUT2D eigenvalue weighted by atomic mass is 16.4. The van der Waals surface area contributed by atoms with Gasteiger partial charge in [-0.2, -0.15) is 0 Å². The normalized spacial score (nSPS) is 22.4. The van der Waals surface area contributed by atoms with Crippen LogP contribution in [0.25, 0.3) is 0 Å². The minimum Gasteiger partial charge on any atom is -0.475 e. The van der Waals surface area contributed by atoms with Crippen molar-refractivity contribution in [2.45, 2.75) is 46.0 Å². The predicted octanol–water partition coefficient (Wildman–Crippen LogP) is 3.01. The van der Waals surface area contributed by atoms with E-state index >= 15 is 0 Å². The van der Waals surface area contributed by atoms with E-state index in [0.29, 0.717) is 11.6 Å². The van der Waals surface area contributed by atoms with Gasteiger partial charge in [-0.15, -0.1) is 0 Å². The van der Waals surface area contributed by atoms with Gasteiger partial charge in [0, 0.05) is 5.92 Å². The van der Waals surface area contributed by atoms with E-state index in [0.717, 1.165) is 6.42 Å². The molecule has 1 aliphatic carbocycles. The summed E-state index contributed by atoms with van der Waals surface area (Å²) in [6, 6.07) is 0. The van der Waals surface area contributed by atoms with Crippen LogP contribution in [0, 0.1) is 5.41 Å². The largest absolute Gasteiger partial charge is 0.475 e. The molecule has 0 radical (unpaired) electrons. The van der Waals surface area contributed by atoms with Gasteiger partial charge in [0.15, 0.2) is 5.89 Å². The van der Waals surface area contributed by atoms with Gasteiger partial charge in [-0.05, 0) is 17.8 Å². The van der Waals surface area contributed by atoms with Crippen LogP contribution >= 0.6 is 0 Å². The second kappa shape index (κ2) is 3.34. The zero-order chi connectivity index (χ0) is 12.1. The molecule has 1 N–H and O–H groups in total. The van der Waals surface area contributed by atoms with Crippen molar-refractivity contribution in [2.24, 2.45) is 5.41 Å². The third-order valence-electron chi connectivity index (χ3n) is 3.22. The van der Waals surface area contributed by atoms with Crippen LogP contribution in [0.3, 0.4) is 0 Å². The molecule has 2 rings (SSSR count). The quantitative estimate of drug-likeness (QED) is 0.855. The van der Waals surface area contributed by atoms with Crippen LogP contribution in [-0.2, 0) is 0 Å². The van der Waals surface area contributed by atoms with Crippen molar-refractivity contribution in [1.82, 2.24) is 4.98 Å². The Hall–Kier alpha value is -1.32. The van der Waals surface area contributed by atoms with E-state index in [2.05, 4.69) is 18.8 Å². The molecule has 1 aliphatic rings. The summed E-state index contributed by atoms with van der Waals surface area (Å²) in [5.41, 5.74) is 0.764. The lowest BCUT2D eigenvalue weighted by atomic mass is 10.1. The first-order valence-corrected chi connectivity index (χ1v) is 5.57. The summed E-state index contributed by atoms with van der Waals surface area (Å²) in [7, 11) is 0. The van der Waals surface area contributed by atoms with Crippen LogP contribution in [0.15, 0.2) is 4.42 Å². The molecule has 1 atom stereocenters. The molecule has 0 amide bonds. The number of nitrogens with zero attached hydrogens (tertiary/aromatic N) is 1. The van der Waals surface area contributed by atoms with Crippen molar-refractivity contribution in [1.29, 1.82) is 0 Å². The average Bonchev–Trinajstić information content (AvgIpc) is 2.64. The monoisotopic (exact) mass is 223 g/mol. The molecule has 16 heavy (non-hydrogen) atoms. The molecule has 1 saturated carbocycles. The molecule has 1 fully saturated rings. The van der Waals surface area contributed by atoms with Crippen molar-refractivity contribution in [3.63, 3.8) is 0 Å². The van der Waals surface area contributed by atoms with Gasteiger partial charge in [-0.25, -0.2) is 9.78 Å². The number of oxazole rings is 1. The number of aromatic carboxylic acids is 1. The molecule has 4 heteroatoms. The van der Waals surface area contributed by atoms with E-state index in [4.69, 9.17) is 9.52 Å². The molecule has 1 unspecified atom stereocenters. The first-order chi connectivity index (χ1) is 7.33. The van der Waals surface area contributed by atoms with Gasteiger partial charge < -0.3 is 9.52 Å². The zero-order valence-electron chi connectivity index (χ0n) is 10.1. The van der Waals surface area contributed by atoms with E-state index in [1.54, 1.807) is 0 Å². The van der Waals surface area contributed by atoms with E-state index < -0.39 is 5.97 Å². The summed E-state index contributed by atoms with van der Waals surface area (Å²) in [4.78, 5) is 15.4. The van der Waals surface area contributed by atoms with Crippen LogP contribution in [0.5, 0.6) is 0 Å². The fourth-order valence-electron chi connectivity index (χ4n) is 1.93. The summed E-state index contributed by atoms with van der Waals surface area (Å²) in [5.74, 6) is -0.0803. The molecule has 1 aromatic heterocycles. The topological polar surface area (TPSA) is 63.3 Å². The Morgan fingerprint density at radius 1 is 1.56 bits per heavy atom. The van der Waals surface area contributed by atoms with Gasteiger partial charge in [-0.3, -0.25) is 0 Å². The van der Waals surface area contributed by atoms with Crippen molar-refractivity contribution >= 4 is 5.97 Å². The number of carbonyl (C=O) groups is 1. The van der Waals surface area contributed by atoms with Gasteiger partial charge in [0.25, 0.3) is 0 Å². The van der Waals surface area contributed by atoms with Crippen LogP contribution in [0.2, 0.25) is 0 Å². The van der Waals surface area contributed by atoms with Crippen molar-refractivity contribution in [3.8, 4) is 0 Å². The third kappa shape index (κ3) is 1.72. The Balaban J connectivity index is 2.36. The van der Waals surface area contributed by atoms with Crippen molar-refractivity contribution in [3.05, 3.63) is 17.3 Å².